The van der Waals surface area contributed by atoms with Gasteiger partial charge in [-0.25, -0.2) is 9.97 Å². The molecule has 120 valence electrons. The van der Waals surface area contributed by atoms with Crippen molar-refractivity contribution in [3.63, 3.8) is 0 Å². The molecule has 6 nitrogen and oxygen atoms in total. The fourth-order valence-electron chi connectivity index (χ4n) is 3.21. The first-order chi connectivity index (χ1) is 11.3. The lowest BCUT2D eigenvalue weighted by molar-refractivity contribution is 0.311. The molecular formula is C17H22N6. The number of aromatic nitrogens is 3. The molecular weight excluding hydrogens is 288 g/mol. The molecule has 0 amide bonds. The van der Waals surface area contributed by atoms with E-state index in [0.29, 0.717) is 0 Å². The summed E-state index contributed by atoms with van der Waals surface area (Å²) in [6, 6.07) is 5.89. The Morgan fingerprint density at radius 1 is 1.09 bits per heavy atom. The highest BCUT2D eigenvalue weighted by Crippen LogP contribution is 2.27. The average Bonchev–Trinajstić information content (AvgIpc) is 2.62. The number of nitrogens with zero attached hydrogens (tertiary/aromatic N) is 5. The fraction of sp³-hybridized carbons (Fsp3) is 0.471. The van der Waals surface area contributed by atoms with E-state index in [2.05, 4.69) is 27.1 Å². The molecule has 0 bridgehead atoms. The predicted octanol–water partition coefficient (Wildman–Crippen LogP) is 0.936. The summed E-state index contributed by atoms with van der Waals surface area (Å²) in [6.07, 6.45) is 2.76. The average molecular weight is 310 g/mol. The summed E-state index contributed by atoms with van der Waals surface area (Å²) in [5.41, 5.74) is 3.29. The Bertz CT molecular complexity index is 679. The third-order valence-corrected chi connectivity index (χ3v) is 4.61. The molecule has 4 rings (SSSR count). The van der Waals surface area contributed by atoms with Gasteiger partial charge in [-0.2, -0.15) is 0 Å². The summed E-state index contributed by atoms with van der Waals surface area (Å²) in [4.78, 5) is 18.9. The molecule has 2 aromatic heterocycles. The van der Waals surface area contributed by atoms with E-state index in [1.165, 1.54) is 11.3 Å². The lowest BCUT2D eigenvalue weighted by Crippen LogP contribution is -2.45. The van der Waals surface area contributed by atoms with Gasteiger partial charge in [-0.3, -0.25) is 4.98 Å². The summed E-state index contributed by atoms with van der Waals surface area (Å²) in [5, 5.41) is 3.46. The van der Waals surface area contributed by atoms with Gasteiger partial charge in [0.15, 0.2) is 5.82 Å². The van der Waals surface area contributed by atoms with Crippen LogP contribution in [0.2, 0.25) is 0 Å². The molecule has 6 heteroatoms. The molecule has 0 aliphatic carbocycles. The largest absolute Gasteiger partial charge is 0.354 e. The second kappa shape index (κ2) is 6.22. The van der Waals surface area contributed by atoms with E-state index in [1.807, 2.05) is 18.2 Å². The molecule has 1 saturated heterocycles. The number of anilines is 1. The van der Waals surface area contributed by atoms with Crippen molar-refractivity contribution in [3.8, 4) is 11.5 Å². The van der Waals surface area contributed by atoms with Gasteiger partial charge in [-0.1, -0.05) is 6.07 Å². The highest BCUT2D eigenvalue weighted by Gasteiger charge is 2.24. The number of hydrogen-bond donors (Lipinski definition) is 1. The van der Waals surface area contributed by atoms with Crippen molar-refractivity contribution in [1.82, 2.24) is 25.2 Å². The van der Waals surface area contributed by atoms with Crippen molar-refractivity contribution in [2.75, 3.05) is 44.7 Å². The minimum absolute atomic E-state index is 0.750. The highest BCUT2D eigenvalue weighted by molar-refractivity contribution is 5.58. The molecule has 1 N–H and O–H groups in total. The van der Waals surface area contributed by atoms with Gasteiger partial charge in [-0.15, -0.1) is 0 Å². The van der Waals surface area contributed by atoms with Gasteiger partial charge in [0, 0.05) is 57.4 Å². The third-order valence-electron chi connectivity index (χ3n) is 4.61. The van der Waals surface area contributed by atoms with Crippen LogP contribution in [0.3, 0.4) is 0 Å². The van der Waals surface area contributed by atoms with Gasteiger partial charge < -0.3 is 15.1 Å². The first-order valence-corrected chi connectivity index (χ1v) is 8.26. The number of fused-ring (bicyclic) bond motifs is 1. The van der Waals surface area contributed by atoms with Crippen molar-refractivity contribution in [2.24, 2.45) is 0 Å². The van der Waals surface area contributed by atoms with Crippen LogP contribution in [0.4, 0.5) is 5.82 Å². The number of likely N-dealkylation sites (N-methyl/N-ethyl adjacent to an activating group) is 1. The van der Waals surface area contributed by atoms with Crippen molar-refractivity contribution in [3.05, 3.63) is 35.7 Å². The van der Waals surface area contributed by atoms with Crippen molar-refractivity contribution < 1.29 is 0 Å². The SMILES string of the molecule is CN1CCN(c2nc(-c3ccccn3)nc3c2CNCC3)CC1. The molecule has 4 heterocycles. The second-order valence-electron chi connectivity index (χ2n) is 6.23. The van der Waals surface area contributed by atoms with Crippen LogP contribution in [-0.4, -0.2) is 59.6 Å². The zero-order valence-electron chi connectivity index (χ0n) is 13.5. The Hall–Kier alpha value is -2.05. The van der Waals surface area contributed by atoms with Crippen LogP contribution in [0.25, 0.3) is 11.5 Å². The Morgan fingerprint density at radius 2 is 1.96 bits per heavy atom. The maximum absolute atomic E-state index is 4.90. The highest BCUT2D eigenvalue weighted by atomic mass is 15.3. The zero-order chi connectivity index (χ0) is 15.6. The Balaban J connectivity index is 1.77. The van der Waals surface area contributed by atoms with Crippen LogP contribution in [-0.2, 0) is 13.0 Å². The quantitative estimate of drug-likeness (QED) is 0.891. The van der Waals surface area contributed by atoms with Gasteiger partial charge in [0.2, 0.25) is 0 Å². The summed E-state index contributed by atoms with van der Waals surface area (Å²) in [5.74, 6) is 1.84. The fourth-order valence-corrected chi connectivity index (χ4v) is 3.21. The molecule has 0 atom stereocenters. The number of pyridine rings is 1. The standard InChI is InChI=1S/C17H22N6/c1-22-8-10-23(11-9-22)17-13-12-18-7-5-14(13)20-16(21-17)15-4-2-3-6-19-15/h2-4,6,18H,5,7-12H2,1H3. The monoisotopic (exact) mass is 310 g/mol. The molecule has 0 unspecified atom stereocenters. The molecule has 2 aromatic rings. The Morgan fingerprint density at radius 3 is 2.74 bits per heavy atom. The summed E-state index contributed by atoms with van der Waals surface area (Å²) in [7, 11) is 2.17. The topological polar surface area (TPSA) is 57.2 Å². The zero-order valence-corrected chi connectivity index (χ0v) is 13.5. The number of piperazine rings is 1. The van der Waals surface area contributed by atoms with Gasteiger partial charge in [-0.05, 0) is 19.2 Å². The van der Waals surface area contributed by atoms with Crippen molar-refractivity contribution >= 4 is 5.82 Å². The molecule has 0 aromatic carbocycles. The predicted molar refractivity (Wildman–Crippen MR) is 90.4 cm³/mol. The normalized spacial score (nSPS) is 18.7. The molecule has 0 spiro atoms. The Labute approximate surface area is 136 Å². The molecule has 2 aliphatic heterocycles. The van der Waals surface area contributed by atoms with E-state index >= 15 is 0 Å². The molecule has 0 saturated carbocycles. The number of nitrogens with one attached hydrogen (secondary N) is 1. The van der Waals surface area contributed by atoms with Gasteiger partial charge in [0.1, 0.15) is 11.5 Å². The van der Waals surface area contributed by atoms with Crippen LogP contribution >= 0.6 is 0 Å². The second-order valence-corrected chi connectivity index (χ2v) is 6.23. The van der Waals surface area contributed by atoms with E-state index < -0.39 is 0 Å². The van der Waals surface area contributed by atoms with Crippen molar-refractivity contribution in [2.45, 2.75) is 13.0 Å². The lowest BCUT2D eigenvalue weighted by atomic mass is 10.1. The molecule has 1 fully saturated rings. The van der Waals surface area contributed by atoms with E-state index in [4.69, 9.17) is 9.97 Å². The smallest absolute Gasteiger partial charge is 0.180 e. The summed E-state index contributed by atoms with van der Waals surface area (Å²) < 4.78 is 0. The summed E-state index contributed by atoms with van der Waals surface area (Å²) in [6.45, 7) is 6.02. The first-order valence-electron chi connectivity index (χ1n) is 8.26. The van der Waals surface area contributed by atoms with Crippen LogP contribution < -0.4 is 10.2 Å². The first kappa shape index (κ1) is 14.5. The van der Waals surface area contributed by atoms with Crippen LogP contribution in [0.15, 0.2) is 24.4 Å². The van der Waals surface area contributed by atoms with Gasteiger partial charge >= 0.3 is 0 Å². The van der Waals surface area contributed by atoms with Gasteiger partial charge in [0.25, 0.3) is 0 Å². The van der Waals surface area contributed by atoms with Crippen molar-refractivity contribution in [1.29, 1.82) is 0 Å². The molecule has 0 radical (unpaired) electrons. The lowest BCUT2D eigenvalue weighted by Gasteiger charge is -2.35. The summed E-state index contributed by atoms with van der Waals surface area (Å²) >= 11 is 0. The molecule has 23 heavy (non-hydrogen) atoms. The number of hydrogen-bond acceptors (Lipinski definition) is 6. The Kier molecular flexibility index (Phi) is 3.93. The number of rotatable bonds is 2. The van der Waals surface area contributed by atoms with Crippen LogP contribution in [0, 0.1) is 0 Å². The van der Waals surface area contributed by atoms with Crippen LogP contribution in [0.1, 0.15) is 11.3 Å². The maximum atomic E-state index is 4.90. The maximum Gasteiger partial charge on any atom is 0.180 e. The minimum atomic E-state index is 0.750. The van der Waals surface area contributed by atoms with Crippen LogP contribution in [0.5, 0.6) is 0 Å². The van der Waals surface area contributed by atoms with Gasteiger partial charge in [0.05, 0.1) is 5.69 Å². The van der Waals surface area contributed by atoms with E-state index in [0.717, 1.165) is 63.0 Å². The molecule has 2 aliphatic rings. The van der Waals surface area contributed by atoms with E-state index in [9.17, 15) is 0 Å². The minimum Gasteiger partial charge on any atom is -0.354 e. The third kappa shape index (κ3) is 2.92. The van der Waals surface area contributed by atoms with E-state index in [1.54, 1.807) is 6.20 Å². The van der Waals surface area contributed by atoms with E-state index in [-0.39, 0.29) is 0 Å².